The fraction of sp³-hybridized carbons (Fsp3) is 0.0833. The van der Waals surface area contributed by atoms with E-state index in [0.717, 1.165) is 11.3 Å². The molecule has 0 atom stereocenters. The molecule has 1 heterocycles. The summed E-state index contributed by atoms with van der Waals surface area (Å²) >= 11 is 5.91. The molecule has 0 aliphatic rings. The first-order valence-corrected chi connectivity index (χ1v) is 5.21. The molecule has 2 aromatic rings. The van der Waals surface area contributed by atoms with E-state index in [-0.39, 0.29) is 0 Å². The van der Waals surface area contributed by atoms with Gasteiger partial charge >= 0.3 is 0 Å². The van der Waals surface area contributed by atoms with Crippen LogP contribution < -0.4 is 10.5 Å². The lowest BCUT2D eigenvalue weighted by molar-refractivity contribution is 0.294. The zero-order valence-corrected chi connectivity index (χ0v) is 9.32. The molecule has 0 amide bonds. The number of nitrogens with zero attached hydrogens (tertiary/aromatic N) is 1. The fourth-order valence-corrected chi connectivity index (χ4v) is 1.42. The molecule has 16 heavy (non-hydrogen) atoms. The lowest BCUT2D eigenvalue weighted by Crippen LogP contribution is -1.97. The highest BCUT2D eigenvalue weighted by Crippen LogP contribution is 2.21. The molecule has 0 aliphatic heterocycles. The lowest BCUT2D eigenvalue weighted by atomic mass is 10.2. The van der Waals surface area contributed by atoms with Crippen LogP contribution in [-0.4, -0.2) is 4.98 Å². The first-order valence-electron chi connectivity index (χ1n) is 4.83. The number of nitrogens with two attached hydrogens (primary N) is 1. The Morgan fingerprint density at radius 2 is 1.94 bits per heavy atom. The smallest absolute Gasteiger partial charge is 0.232 e. The predicted octanol–water partition coefficient (Wildman–Crippen LogP) is 2.90. The largest absolute Gasteiger partial charge is 0.472 e. The van der Waals surface area contributed by atoms with E-state index in [9.17, 15) is 0 Å². The van der Waals surface area contributed by atoms with Gasteiger partial charge in [-0.3, -0.25) is 0 Å². The van der Waals surface area contributed by atoms with Crippen LogP contribution in [0.2, 0.25) is 5.02 Å². The molecule has 4 heteroatoms. The van der Waals surface area contributed by atoms with E-state index in [1.165, 1.54) is 0 Å². The molecule has 2 N–H and O–H groups in total. The number of aromatic nitrogens is 1. The van der Waals surface area contributed by atoms with Crippen molar-refractivity contribution in [3.05, 3.63) is 53.2 Å². The van der Waals surface area contributed by atoms with Crippen LogP contribution in [0.1, 0.15) is 5.56 Å². The van der Waals surface area contributed by atoms with Crippen molar-refractivity contribution in [3.8, 4) is 5.88 Å². The van der Waals surface area contributed by atoms with Crippen molar-refractivity contribution in [2.24, 2.45) is 0 Å². The molecule has 0 radical (unpaired) electrons. The molecule has 0 fully saturated rings. The number of hydrogen-bond donors (Lipinski definition) is 1. The van der Waals surface area contributed by atoms with Gasteiger partial charge < -0.3 is 10.5 Å². The summed E-state index contributed by atoms with van der Waals surface area (Å²) < 4.78 is 5.48. The summed E-state index contributed by atoms with van der Waals surface area (Å²) in [5.41, 5.74) is 7.34. The highest BCUT2D eigenvalue weighted by molar-refractivity contribution is 6.31. The van der Waals surface area contributed by atoms with E-state index < -0.39 is 0 Å². The number of halogens is 1. The number of hydrogen-bond acceptors (Lipinski definition) is 3. The minimum atomic E-state index is 0.428. The van der Waals surface area contributed by atoms with E-state index in [0.29, 0.717) is 17.5 Å². The van der Waals surface area contributed by atoms with E-state index >= 15 is 0 Å². The van der Waals surface area contributed by atoms with Crippen molar-refractivity contribution in [2.75, 3.05) is 5.73 Å². The van der Waals surface area contributed by atoms with Crippen LogP contribution >= 0.6 is 11.6 Å². The molecule has 1 aromatic heterocycles. The van der Waals surface area contributed by atoms with Gasteiger partial charge in [-0.15, -0.1) is 0 Å². The summed E-state index contributed by atoms with van der Waals surface area (Å²) in [6.07, 6.45) is 1.64. The standard InChI is InChI=1S/C12H11ClN2O/c13-11-2-1-7-15-12(11)16-8-9-3-5-10(14)6-4-9/h1-7H,8,14H2. The quantitative estimate of drug-likeness (QED) is 0.831. The van der Waals surface area contributed by atoms with Crippen LogP contribution in [0.25, 0.3) is 0 Å². The fourth-order valence-electron chi connectivity index (χ4n) is 1.24. The summed E-state index contributed by atoms with van der Waals surface area (Å²) in [5.74, 6) is 0.445. The van der Waals surface area contributed by atoms with Gasteiger partial charge in [0.05, 0.1) is 0 Å². The molecule has 0 aliphatic carbocycles. The maximum Gasteiger partial charge on any atom is 0.232 e. The summed E-state index contributed by atoms with van der Waals surface area (Å²) in [6.45, 7) is 0.428. The number of nitrogen functional groups attached to an aromatic ring is 1. The van der Waals surface area contributed by atoms with Crippen molar-refractivity contribution < 1.29 is 4.74 Å². The Hall–Kier alpha value is -1.74. The third kappa shape index (κ3) is 2.64. The second kappa shape index (κ2) is 4.86. The Morgan fingerprint density at radius 1 is 1.19 bits per heavy atom. The van der Waals surface area contributed by atoms with Crippen molar-refractivity contribution >= 4 is 17.3 Å². The van der Waals surface area contributed by atoms with Crippen LogP contribution in [0, 0.1) is 0 Å². The second-order valence-electron chi connectivity index (χ2n) is 3.32. The molecule has 0 unspecified atom stereocenters. The van der Waals surface area contributed by atoms with Gasteiger partial charge in [0.25, 0.3) is 0 Å². The van der Waals surface area contributed by atoms with Gasteiger partial charge in [-0.25, -0.2) is 4.98 Å². The number of pyridine rings is 1. The number of ether oxygens (including phenoxy) is 1. The summed E-state index contributed by atoms with van der Waals surface area (Å²) in [5, 5.41) is 0.512. The zero-order valence-electron chi connectivity index (χ0n) is 8.56. The van der Waals surface area contributed by atoms with Crippen molar-refractivity contribution in [3.63, 3.8) is 0 Å². The summed E-state index contributed by atoms with van der Waals surface area (Å²) in [7, 11) is 0. The van der Waals surface area contributed by atoms with Crippen molar-refractivity contribution in [1.82, 2.24) is 4.98 Å². The molecule has 82 valence electrons. The number of rotatable bonds is 3. The average Bonchev–Trinajstić information content (AvgIpc) is 2.30. The Bertz CT molecular complexity index is 471. The Kier molecular flexibility index (Phi) is 3.27. The lowest BCUT2D eigenvalue weighted by Gasteiger charge is -2.06. The molecular formula is C12H11ClN2O. The van der Waals surface area contributed by atoms with E-state index in [1.807, 2.05) is 24.3 Å². The summed E-state index contributed by atoms with van der Waals surface area (Å²) in [4.78, 5) is 4.03. The second-order valence-corrected chi connectivity index (χ2v) is 3.73. The molecule has 3 nitrogen and oxygen atoms in total. The highest BCUT2D eigenvalue weighted by Gasteiger charge is 2.01. The normalized spacial score (nSPS) is 10.1. The topological polar surface area (TPSA) is 48.1 Å². The maximum absolute atomic E-state index is 5.91. The first-order chi connectivity index (χ1) is 7.75. The van der Waals surface area contributed by atoms with E-state index in [4.69, 9.17) is 22.1 Å². The molecule has 0 saturated heterocycles. The van der Waals surface area contributed by atoms with Crippen molar-refractivity contribution in [2.45, 2.75) is 6.61 Å². The van der Waals surface area contributed by atoms with Crippen LogP contribution in [0.5, 0.6) is 5.88 Å². The number of anilines is 1. The SMILES string of the molecule is Nc1ccc(COc2ncccc2Cl)cc1. The van der Waals surface area contributed by atoms with E-state index in [1.54, 1.807) is 18.3 Å². The Labute approximate surface area is 98.8 Å². The molecule has 2 rings (SSSR count). The average molecular weight is 235 g/mol. The van der Waals surface area contributed by atoms with Gasteiger partial charge in [0.2, 0.25) is 5.88 Å². The van der Waals surface area contributed by atoms with Gasteiger partial charge in [-0.1, -0.05) is 23.7 Å². The van der Waals surface area contributed by atoms with Crippen LogP contribution in [0.15, 0.2) is 42.6 Å². The minimum Gasteiger partial charge on any atom is -0.472 e. The van der Waals surface area contributed by atoms with Gasteiger partial charge in [0.1, 0.15) is 11.6 Å². The van der Waals surface area contributed by atoms with Gasteiger partial charge in [-0.05, 0) is 29.8 Å². The van der Waals surface area contributed by atoms with E-state index in [2.05, 4.69) is 4.98 Å². The Balaban J connectivity index is 2.02. The van der Waals surface area contributed by atoms with Gasteiger partial charge in [0, 0.05) is 11.9 Å². The summed E-state index contributed by atoms with van der Waals surface area (Å²) in [6, 6.07) is 11.0. The molecule has 0 spiro atoms. The predicted molar refractivity (Wildman–Crippen MR) is 64.4 cm³/mol. The molecule has 1 aromatic carbocycles. The highest BCUT2D eigenvalue weighted by atomic mass is 35.5. The first kappa shape index (κ1) is 10.8. The van der Waals surface area contributed by atoms with Crippen molar-refractivity contribution in [1.29, 1.82) is 0 Å². The maximum atomic E-state index is 5.91. The Morgan fingerprint density at radius 3 is 2.62 bits per heavy atom. The monoisotopic (exact) mass is 234 g/mol. The van der Waals surface area contributed by atoms with Gasteiger partial charge in [0.15, 0.2) is 0 Å². The van der Waals surface area contributed by atoms with Crippen LogP contribution in [0.4, 0.5) is 5.69 Å². The zero-order chi connectivity index (χ0) is 11.4. The third-order valence-corrected chi connectivity index (χ3v) is 2.37. The third-order valence-electron chi connectivity index (χ3n) is 2.08. The molecular weight excluding hydrogens is 224 g/mol. The van der Waals surface area contributed by atoms with Crippen LogP contribution in [0.3, 0.4) is 0 Å². The molecule has 0 saturated carbocycles. The van der Waals surface area contributed by atoms with Gasteiger partial charge in [-0.2, -0.15) is 0 Å². The van der Waals surface area contributed by atoms with Crippen LogP contribution in [-0.2, 0) is 6.61 Å². The number of benzene rings is 1. The molecule has 0 bridgehead atoms. The minimum absolute atomic E-state index is 0.428.